The predicted octanol–water partition coefficient (Wildman–Crippen LogP) is 2.16. The smallest absolute Gasteiger partial charge is 0.261 e. The highest BCUT2D eigenvalue weighted by Gasteiger charge is 2.43. The second-order valence-corrected chi connectivity index (χ2v) is 4.41. The van der Waals surface area contributed by atoms with Crippen LogP contribution in [0.5, 0.6) is 0 Å². The molecule has 0 saturated carbocycles. The standard InChI is InChI=1S/C11H10BrNO2/c1-2-5-11(15)8-4-3-7(12)6-9(8)13-10(11)14/h2-4,6,15H,1,5H2,(H,13,14)/t11-/m0/s1. The maximum Gasteiger partial charge on any atom is 0.261 e. The molecule has 0 spiro atoms. The van der Waals surface area contributed by atoms with Crippen LogP contribution in [0.25, 0.3) is 0 Å². The summed E-state index contributed by atoms with van der Waals surface area (Å²) in [5, 5.41) is 12.9. The molecule has 0 bridgehead atoms. The fourth-order valence-electron chi connectivity index (χ4n) is 1.74. The number of amides is 1. The lowest BCUT2D eigenvalue weighted by Gasteiger charge is -2.18. The minimum atomic E-state index is -1.46. The summed E-state index contributed by atoms with van der Waals surface area (Å²) in [5.41, 5.74) is -0.202. The lowest BCUT2D eigenvalue weighted by molar-refractivity contribution is -0.133. The minimum absolute atomic E-state index is 0.216. The van der Waals surface area contributed by atoms with E-state index in [2.05, 4.69) is 27.8 Å². The number of carbonyl (C=O) groups is 1. The molecule has 2 rings (SSSR count). The van der Waals surface area contributed by atoms with E-state index < -0.39 is 11.5 Å². The molecule has 0 fully saturated rings. The Kier molecular flexibility index (Phi) is 2.40. The summed E-state index contributed by atoms with van der Waals surface area (Å²) in [6, 6.07) is 5.31. The number of anilines is 1. The molecule has 3 nitrogen and oxygen atoms in total. The molecule has 0 radical (unpaired) electrons. The van der Waals surface area contributed by atoms with Crippen LogP contribution < -0.4 is 5.32 Å². The second kappa shape index (κ2) is 3.47. The third-order valence-corrected chi connectivity index (χ3v) is 2.98. The van der Waals surface area contributed by atoms with Gasteiger partial charge >= 0.3 is 0 Å². The van der Waals surface area contributed by atoms with Crippen molar-refractivity contribution in [3.05, 3.63) is 40.9 Å². The third kappa shape index (κ3) is 1.50. The van der Waals surface area contributed by atoms with Crippen molar-refractivity contribution < 1.29 is 9.90 Å². The molecule has 1 heterocycles. The van der Waals surface area contributed by atoms with Gasteiger partial charge in [-0.15, -0.1) is 6.58 Å². The minimum Gasteiger partial charge on any atom is -0.375 e. The predicted molar refractivity (Wildman–Crippen MR) is 61.5 cm³/mol. The molecule has 2 N–H and O–H groups in total. The zero-order chi connectivity index (χ0) is 11.1. The van der Waals surface area contributed by atoms with E-state index in [0.29, 0.717) is 11.3 Å². The van der Waals surface area contributed by atoms with E-state index in [1.807, 2.05) is 0 Å². The van der Waals surface area contributed by atoms with Gasteiger partial charge in [-0.3, -0.25) is 4.79 Å². The number of benzene rings is 1. The van der Waals surface area contributed by atoms with E-state index in [1.54, 1.807) is 18.2 Å². The molecule has 1 aliphatic heterocycles. The van der Waals surface area contributed by atoms with Crippen molar-refractivity contribution in [2.24, 2.45) is 0 Å². The molecule has 15 heavy (non-hydrogen) atoms. The van der Waals surface area contributed by atoms with Crippen molar-refractivity contribution in [3.63, 3.8) is 0 Å². The number of halogens is 1. The van der Waals surface area contributed by atoms with Crippen LogP contribution in [0.15, 0.2) is 35.3 Å². The fourth-order valence-corrected chi connectivity index (χ4v) is 2.10. The van der Waals surface area contributed by atoms with E-state index >= 15 is 0 Å². The summed E-state index contributed by atoms with van der Waals surface area (Å²) in [5.74, 6) is -0.393. The number of nitrogens with one attached hydrogen (secondary N) is 1. The van der Waals surface area contributed by atoms with E-state index in [-0.39, 0.29) is 6.42 Å². The number of carbonyl (C=O) groups excluding carboxylic acids is 1. The quantitative estimate of drug-likeness (QED) is 0.807. The van der Waals surface area contributed by atoms with Crippen molar-refractivity contribution in [1.29, 1.82) is 0 Å². The Labute approximate surface area is 95.9 Å². The molecule has 1 aromatic carbocycles. The topological polar surface area (TPSA) is 49.3 Å². The van der Waals surface area contributed by atoms with Gasteiger partial charge in [-0.2, -0.15) is 0 Å². The van der Waals surface area contributed by atoms with Crippen LogP contribution in [0, 0.1) is 0 Å². The monoisotopic (exact) mass is 267 g/mol. The van der Waals surface area contributed by atoms with Crippen molar-refractivity contribution in [2.45, 2.75) is 12.0 Å². The summed E-state index contributed by atoms with van der Waals surface area (Å²) in [4.78, 5) is 11.6. The van der Waals surface area contributed by atoms with Crippen molar-refractivity contribution >= 4 is 27.5 Å². The lowest BCUT2D eigenvalue weighted by Crippen LogP contribution is -2.33. The molecular formula is C11H10BrNO2. The van der Waals surface area contributed by atoms with E-state index in [4.69, 9.17) is 0 Å². The molecule has 1 aromatic rings. The van der Waals surface area contributed by atoms with Crippen molar-refractivity contribution in [1.82, 2.24) is 0 Å². The molecule has 0 saturated heterocycles. The Bertz CT molecular complexity index is 444. The molecule has 0 unspecified atom stereocenters. The van der Waals surface area contributed by atoms with Gasteiger partial charge in [0, 0.05) is 22.1 Å². The zero-order valence-electron chi connectivity index (χ0n) is 7.96. The first-order valence-electron chi connectivity index (χ1n) is 4.52. The summed E-state index contributed by atoms with van der Waals surface area (Å²) in [6.07, 6.45) is 1.75. The molecule has 78 valence electrons. The second-order valence-electron chi connectivity index (χ2n) is 3.50. The highest BCUT2D eigenvalue weighted by Crippen LogP contribution is 2.39. The molecule has 4 heteroatoms. The van der Waals surface area contributed by atoms with Gasteiger partial charge in [-0.05, 0) is 12.1 Å². The van der Waals surface area contributed by atoms with Gasteiger partial charge in [0.25, 0.3) is 5.91 Å². The Balaban J connectivity index is 2.54. The van der Waals surface area contributed by atoms with Crippen LogP contribution in [0.2, 0.25) is 0 Å². The van der Waals surface area contributed by atoms with E-state index in [9.17, 15) is 9.90 Å². The summed E-state index contributed by atoms with van der Waals surface area (Å²) >= 11 is 3.31. The average molecular weight is 268 g/mol. The largest absolute Gasteiger partial charge is 0.375 e. The van der Waals surface area contributed by atoms with Crippen LogP contribution in [0.1, 0.15) is 12.0 Å². The zero-order valence-corrected chi connectivity index (χ0v) is 9.54. The maximum atomic E-state index is 11.6. The Morgan fingerprint density at radius 2 is 2.33 bits per heavy atom. The number of hydrogen-bond donors (Lipinski definition) is 2. The number of aliphatic hydroxyl groups is 1. The highest BCUT2D eigenvalue weighted by atomic mass is 79.9. The van der Waals surface area contributed by atoms with Gasteiger partial charge in [-0.25, -0.2) is 0 Å². The Hall–Kier alpha value is -1.13. The molecule has 0 aliphatic carbocycles. The summed E-state index contributed by atoms with van der Waals surface area (Å²) in [7, 11) is 0. The third-order valence-electron chi connectivity index (χ3n) is 2.49. The first-order chi connectivity index (χ1) is 7.08. The average Bonchev–Trinajstić information content (AvgIpc) is 2.39. The SMILES string of the molecule is C=CC[C@@]1(O)C(=O)Nc2cc(Br)ccc21. The van der Waals surface area contributed by atoms with Crippen LogP contribution in [0.3, 0.4) is 0 Å². The number of hydrogen-bond acceptors (Lipinski definition) is 2. The maximum absolute atomic E-state index is 11.6. The van der Waals surface area contributed by atoms with Gasteiger partial charge in [0.1, 0.15) is 0 Å². The van der Waals surface area contributed by atoms with Crippen molar-refractivity contribution in [3.8, 4) is 0 Å². The lowest BCUT2D eigenvalue weighted by atomic mass is 9.92. The summed E-state index contributed by atoms with van der Waals surface area (Å²) < 4.78 is 0.865. The molecule has 1 atom stereocenters. The normalized spacial score (nSPS) is 23.5. The molecule has 1 amide bonds. The molecular weight excluding hydrogens is 258 g/mol. The first kappa shape index (κ1) is 10.4. The summed E-state index contributed by atoms with van der Waals surface area (Å²) in [6.45, 7) is 3.55. The van der Waals surface area contributed by atoms with Crippen LogP contribution in [0.4, 0.5) is 5.69 Å². The highest BCUT2D eigenvalue weighted by molar-refractivity contribution is 9.10. The van der Waals surface area contributed by atoms with Gasteiger partial charge in [0.2, 0.25) is 0 Å². The van der Waals surface area contributed by atoms with Crippen LogP contribution in [-0.4, -0.2) is 11.0 Å². The molecule has 1 aliphatic rings. The van der Waals surface area contributed by atoms with Gasteiger partial charge < -0.3 is 10.4 Å². The number of rotatable bonds is 2. The number of fused-ring (bicyclic) bond motifs is 1. The van der Waals surface area contributed by atoms with Crippen LogP contribution in [-0.2, 0) is 10.4 Å². The van der Waals surface area contributed by atoms with Gasteiger partial charge in [0.05, 0.1) is 0 Å². The Morgan fingerprint density at radius 1 is 1.60 bits per heavy atom. The van der Waals surface area contributed by atoms with Gasteiger partial charge in [-0.1, -0.05) is 28.1 Å². The fraction of sp³-hybridized carbons (Fsp3) is 0.182. The van der Waals surface area contributed by atoms with E-state index in [0.717, 1.165) is 4.47 Å². The van der Waals surface area contributed by atoms with Gasteiger partial charge in [0.15, 0.2) is 5.60 Å². The Morgan fingerprint density at radius 3 is 3.00 bits per heavy atom. The first-order valence-corrected chi connectivity index (χ1v) is 5.32. The van der Waals surface area contributed by atoms with Crippen LogP contribution >= 0.6 is 15.9 Å². The van der Waals surface area contributed by atoms with Crippen molar-refractivity contribution in [2.75, 3.05) is 5.32 Å². The molecule has 0 aromatic heterocycles. The van der Waals surface area contributed by atoms with E-state index in [1.165, 1.54) is 6.08 Å².